The highest BCUT2D eigenvalue weighted by Crippen LogP contribution is 2.29. The van der Waals surface area contributed by atoms with Gasteiger partial charge in [0.15, 0.2) is 0 Å². The largest absolute Gasteiger partial charge is 0.289 e. The van der Waals surface area contributed by atoms with Crippen LogP contribution in [0.4, 0.5) is 11.4 Å². The standard InChI is InChI=1S/C12H10ClN3O4S/c1-15(9-3-2-6-14-8-9)21(19,20)10-4-5-11(13)12(7-10)16(17)18/h2-8H,1H3. The fourth-order valence-corrected chi connectivity index (χ4v) is 3.02. The molecule has 0 bridgehead atoms. The second kappa shape index (κ2) is 5.66. The van der Waals surface area contributed by atoms with Crippen LogP contribution in [-0.2, 0) is 10.0 Å². The van der Waals surface area contributed by atoms with Crippen molar-refractivity contribution in [3.8, 4) is 0 Å². The molecule has 0 saturated heterocycles. The maximum Gasteiger partial charge on any atom is 0.289 e. The molecule has 1 aromatic heterocycles. The fraction of sp³-hybridized carbons (Fsp3) is 0.0833. The highest BCUT2D eigenvalue weighted by Gasteiger charge is 2.25. The van der Waals surface area contributed by atoms with E-state index >= 15 is 0 Å². The van der Waals surface area contributed by atoms with Crippen LogP contribution in [0.15, 0.2) is 47.6 Å². The molecule has 0 aliphatic rings. The minimum Gasteiger partial charge on any atom is -0.268 e. The Morgan fingerprint density at radius 3 is 2.62 bits per heavy atom. The monoisotopic (exact) mass is 327 g/mol. The van der Waals surface area contributed by atoms with Gasteiger partial charge in [-0.25, -0.2) is 8.42 Å². The molecule has 7 nitrogen and oxygen atoms in total. The Morgan fingerprint density at radius 2 is 2.05 bits per heavy atom. The highest BCUT2D eigenvalue weighted by atomic mass is 35.5. The maximum absolute atomic E-state index is 12.5. The average molecular weight is 328 g/mol. The summed E-state index contributed by atoms with van der Waals surface area (Å²) in [7, 11) is -2.59. The topological polar surface area (TPSA) is 93.4 Å². The highest BCUT2D eigenvalue weighted by molar-refractivity contribution is 7.92. The molecular weight excluding hydrogens is 318 g/mol. The van der Waals surface area contributed by atoms with Crippen molar-refractivity contribution in [1.29, 1.82) is 0 Å². The van der Waals surface area contributed by atoms with Crippen molar-refractivity contribution >= 4 is 33.0 Å². The van der Waals surface area contributed by atoms with Gasteiger partial charge in [0, 0.05) is 19.3 Å². The van der Waals surface area contributed by atoms with Crippen LogP contribution < -0.4 is 4.31 Å². The first kappa shape index (κ1) is 15.2. The summed E-state index contributed by atoms with van der Waals surface area (Å²) in [4.78, 5) is 13.7. The van der Waals surface area contributed by atoms with E-state index in [1.165, 1.54) is 31.6 Å². The number of nitro benzene ring substituents is 1. The third-order valence-electron chi connectivity index (χ3n) is 2.78. The van der Waals surface area contributed by atoms with Crippen LogP contribution in [0.2, 0.25) is 5.02 Å². The molecule has 9 heteroatoms. The summed E-state index contributed by atoms with van der Waals surface area (Å²) in [6.07, 6.45) is 2.89. The molecule has 0 spiro atoms. The Morgan fingerprint density at radius 1 is 1.33 bits per heavy atom. The van der Waals surface area contributed by atoms with E-state index in [0.717, 1.165) is 10.4 Å². The summed E-state index contributed by atoms with van der Waals surface area (Å²) in [5, 5.41) is 10.7. The van der Waals surface area contributed by atoms with Gasteiger partial charge in [0.05, 0.1) is 21.7 Å². The molecule has 21 heavy (non-hydrogen) atoms. The van der Waals surface area contributed by atoms with Crippen molar-refractivity contribution in [3.63, 3.8) is 0 Å². The van der Waals surface area contributed by atoms with Gasteiger partial charge in [0.2, 0.25) is 0 Å². The number of nitro groups is 1. The van der Waals surface area contributed by atoms with Crippen LogP contribution in [0.25, 0.3) is 0 Å². The molecule has 2 rings (SSSR count). The van der Waals surface area contributed by atoms with Crippen molar-refractivity contribution < 1.29 is 13.3 Å². The van der Waals surface area contributed by atoms with Gasteiger partial charge >= 0.3 is 0 Å². The molecule has 0 aliphatic carbocycles. The molecule has 0 radical (unpaired) electrons. The van der Waals surface area contributed by atoms with Gasteiger partial charge in [-0.2, -0.15) is 0 Å². The lowest BCUT2D eigenvalue weighted by molar-refractivity contribution is -0.384. The number of aromatic nitrogens is 1. The Labute approximate surface area is 126 Å². The van der Waals surface area contributed by atoms with Gasteiger partial charge in [-0.3, -0.25) is 19.4 Å². The van der Waals surface area contributed by atoms with E-state index in [1.54, 1.807) is 12.1 Å². The number of rotatable bonds is 4. The van der Waals surface area contributed by atoms with Crippen LogP contribution >= 0.6 is 11.6 Å². The molecule has 0 saturated carbocycles. The quantitative estimate of drug-likeness (QED) is 0.635. The molecular formula is C12H10ClN3O4S. The number of halogens is 1. The van der Waals surface area contributed by atoms with Gasteiger partial charge in [-0.1, -0.05) is 11.6 Å². The summed E-state index contributed by atoms with van der Waals surface area (Å²) in [5.41, 5.74) is -0.118. The molecule has 2 aromatic rings. The maximum atomic E-state index is 12.5. The first-order valence-electron chi connectivity index (χ1n) is 5.67. The van der Waals surface area contributed by atoms with E-state index < -0.39 is 20.6 Å². The zero-order valence-electron chi connectivity index (χ0n) is 10.8. The lowest BCUT2D eigenvalue weighted by atomic mass is 10.3. The van der Waals surface area contributed by atoms with Crippen molar-refractivity contribution in [2.75, 3.05) is 11.4 Å². The Hall–Kier alpha value is -2.19. The van der Waals surface area contributed by atoms with E-state index in [0.29, 0.717) is 5.69 Å². The normalized spacial score (nSPS) is 11.1. The predicted molar refractivity (Wildman–Crippen MR) is 77.9 cm³/mol. The summed E-state index contributed by atoms with van der Waals surface area (Å²) in [6, 6.07) is 6.49. The molecule has 0 fully saturated rings. The molecule has 110 valence electrons. The predicted octanol–water partition coefficient (Wildman–Crippen LogP) is 2.47. The smallest absolute Gasteiger partial charge is 0.268 e. The number of nitrogens with zero attached hydrogens (tertiary/aromatic N) is 3. The number of anilines is 1. The number of pyridine rings is 1. The first-order valence-corrected chi connectivity index (χ1v) is 7.49. The zero-order valence-corrected chi connectivity index (χ0v) is 12.4. The molecule has 1 heterocycles. The van der Waals surface area contributed by atoms with Crippen molar-refractivity contribution in [2.45, 2.75) is 4.90 Å². The summed E-state index contributed by atoms with van der Waals surface area (Å²) in [6.45, 7) is 0. The second-order valence-electron chi connectivity index (χ2n) is 4.05. The van der Waals surface area contributed by atoms with Crippen molar-refractivity contribution in [1.82, 2.24) is 4.98 Å². The van der Waals surface area contributed by atoms with Crippen LogP contribution in [0.5, 0.6) is 0 Å². The Kier molecular flexibility index (Phi) is 4.10. The van der Waals surface area contributed by atoms with Gasteiger partial charge < -0.3 is 0 Å². The van der Waals surface area contributed by atoms with Gasteiger partial charge in [-0.15, -0.1) is 0 Å². The average Bonchev–Trinajstić information content (AvgIpc) is 2.47. The van der Waals surface area contributed by atoms with E-state index in [9.17, 15) is 18.5 Å². The SMILES string of the molecule is CN(c1cccnc1)S(=O)(=O)c1ccc(Cl)c([N+](=O)[O-])c1. The van der Waals surface area contributed by atoms with Crippen molar-refractivity contribution in [2.24, 2.45) is 0 Å². The van der Waals surface area contributed by atoms with Crippen LogP contribution in [-0.4, -0.2) is 25.4 Å². The third kappa shape index (κ3) is 2.96. The van der Waals surface area contributed by atoms with E-state index in [-0.39, 0.29) is 9.92 Å². The Balaban J connectivity index is 2.50. The first-order chi connectivity index (χ1) is 9.84. The fourth-order valence-electron chi connectivity index (χ4n) is 1.63. The molecule has 0 amide bonds. The summed E-state index contributed by atoms with van der Waals surface area (Å²) >= 11 is 5.68. The third-order valence-corrected chi connectivity index (χ3v) is 4.88. The second-order valence-corrected chi connectivity index (χ2v) is 6.43. The van der Waals surface area contributed by atoms with E-state index in [2.05, 4.69) is 4.98 Å². The molecule has 0 aliphatic heterocycles. The summed E-state index contributed by atoms with van der Waals surface area (Å²) < 4.78 is 25.9. The number of benzene rings is 1. The lowest BCUT2D eigenvalue weighted by Gasteiger charge is -2.18. The molecule has 0 unspecified atom stereocenters. The van der Waals surface area contributed by atoms with E-state index in [1.807, 2.05) is 0 Å². The molecule has 1 aromatic carbocycles. The number of hydrogen-bond donors (Lipinski definition) is 0. The van der Waals surface area contributed by atoms with E-state index in [4.69, 9.17) is 11.6 Å². The number of sulfonamides is 1. The van der Waals surface area contributed by atoms with Crippen molar-refractivity contribution in [3.05, 3.63) is 57.9 Å². The zero-order chi connectivity index (χ0) is 15.6. The lowest BCUT2D eigenvalue weighted by Crippen LogP contribution is -2.26. The minimum atomic E-state index is -3.93. The van der Waals surface area contributed by atoms with Crippen LogP contribution in [0.3, 0.4) is 0 Å². The summed E-state index contributed by atoms with van der Waals surface area (Å²) in [5.74, 6) is 0. The number of hydrogen-bond acceptors (Lipinski definition) is 5. The molecule has 0 atom stereocenters. The van der Waals surface area contributed by atoms with Gasteiger partial charge in [0.1, 0.15) is 5.02 Å². The minimum absolute atomic E-state index is 0.122. The van der Waals surface area contributed by atoms with Gasteiger partial charge in [-0.05, 0) is 24.3 Å². The van der Waals surface area contributed by atoms with Gasteiger partial charge in [0.25, 0.3) is 15.7 Å². The Bertz CT molecular complexity index is 780. The molecule has 0 N–H and O–H groups in total. The van der Waals surface area contributed by atoms with Crippen LogP contribution in [0, 0.1) is 10.1 Å². The van der Waals surface area contributed by atoms with Crippen LogP contribution in [0.1, 0.15) is 0 Å².